The summed E-state index contributed by atoms with van der Waals surface area (Å²) in [6.45, 7) is 2.40. The molecule has 0 saturated heterocycles. The summed E-state index contributed by atoms with van der Waals surface area (Å²) < 4.78 is 27.9. The van der Waals surface area contributed by atoms with Crippen molar-refractivity contribution in [3.63, 3.8) is 0 Å². The van der Waals surface area contributed by atoms with Crippen LogP contribution in [0.15, 0.2) is 29.6 Å². The fourth-order valence-corrected chi connectivity index (χ4v) is 2.69. The van der Waals surface area contributed by atoms with Gasteiger partial charge in [-0.25, -0.2) is 14.2 Å². The molecule has 0 aliphatic heterocycles. The first kappa shape index (κ1) is 21.3. The molecule has 0 aliphatic carbocycles. The quantitative estimate of drug-likeness (QED) is 0.666. The molecule has 10 heteroatoms. The molecule has 1 aromatic heterocycles. The van der Waals surface area contributed by atoms with Gasteiger partial charge in [0.05, 0.1) is 19.2 Å². The van der Waals surface area contributed by atoms with Gasteiger partial charge in [-0.3, -0.25) is 14.9 Å². The van der Waals surface area contributed by atoms with Crippen molar-refractivity contribution in [2.75, 3.05) is 19.0 Å². The lowest BCUT2D eigenvalue weighted by Gasteiger charge is -2.24. The standard InChI is InChI=1S/C18H19FN2O6S/c1-18(2,27-13-6-4-11(19)5-7-13)16(24)26-9-14(22)21-17-20-12(10-28-17)8-15(23)25-3/h4-7,10H,8-9H2,1-3H3,(H,20,21,22). The van der Waals surface area contributed by atoms with Crippen LogP contribution >= 0.6 is 11.3 Å². The van der Waals surface area contributed by atoms with E-state index < -0.39 is 35.9 Å². The van der Waals surface area contributed by atoms with E-state index in [0.717, 1.165) is 11.3 Å². The molecule has 1 N–H and O–H groups in total. The molecule has 1 aromatic carbocycles. The Morgan fingerprint density at radius 1 is 1.21 bits per heavy atom. The van der Waals surface area contributed by atoms with Crippen LogP contribution in [0.25, 0.3) is 0 Å². The number of carbonyl (C=O) groups excluding carboxylic acids is 3. The minimum atomic E-state index is -1.38. The Bertz CT molecular complexity index is 850. The lowest BCUT2D eigenvalue weighted by atomic mass is 10.1. The first-order valence-electron chi connectivity index (χ1n) is 8.12. The van der Waals surface area contributed by atoms with E-state index in [0.29, 0.717) is 5.69 Å². The molecule has 2 rings (SSSR count). The maximum atomic E-state index is 12.9. The van der Waals surface area contributed by atoms with Gasteiger partial charge in [-0.2, -0.15) is 0 Å². The predicted octanol–water partition coefficient (Wildman–Crippen LogP) is 2.34. The number of rotatable bonds is 8. The first-order valence-corrected chi connectivity index (χ1v) is 9.00. The number of nitrogens with zero attached hydrogens (tertiary/aromatic N) is 1. The van der Waals surface area contributed by atoms with Crippen molar-refractivity contribution >= 4 is 34.3 Å². The van der Waals surface area contributed by atoms with Gasteiger partial charge in [0.1, 0.15) is 11.6 Å². The van der Waals surface area contributed by atoms with Crippen molar-refractivity contribution in [2.45, 2.75) is 25.9 Å². The Hall–Kier alpha value is -3.01. The summed E-state index contributed by atoms with van der Waals surface area (Å²) in [4.78, 5) is 39.4. The number of aromatic nitrogens is 1. The highest BCUT2D eigenvalue weighted by Gasteiger charge is 2.32. The number of hydrogen-bond donors (Lipinski definition) is 1. The molecule has 150 valence electrons. The van der Waals surface area contributed by atoms with Gasteiger partial charge in [0.25, 0.3) is 5.91 Å². The fraction of sp³-hybridized carbons (Fsp3) is 0.333. The number of ether oxygens (including phenoxy) is 3. The highest BCUT2D eigenvalue weighted by atomic mass is 32.1. The van der Waals surface area contributed by atoms with Crippen molar-refractivity contribution in [3.8, 4) is 5.75 Å². The molecule has 0 fully saturated rings. The smallest absolute Gasteiger partial charge is 0.350 e. The number of amides is 1. The predicted molar refractivity (Wildman–Crippen MR) is 98.5 cm³/mol. The normalized spacial score (nSPS) is 10.9. The van der Waals surface area contributed by atoms with Crippen molar-refractivity contribution in [3.05, 3.63) is 41.2 Å². The van der Waals surface area contributed by atoms with E-state index in [1.807, 2.05) is 0 Å². The summed E-state index contributed by atoms with van der Waals surface area (Å²) in [6.07, 6.45) is -0.00717. The Labute approximate surface area is 164 Å². The van der Waals surface area contributed by atoms with Crippen LogP contribution in [0.3, 0.4) is 0 Å². The van der Waals surface area contributed by atoms with Gasteiger partial charge in [0.2, 0.25) is 0 Å². The van der Waals surface area contributed by atoms with Crippen molar-refractivity contribution in [1.29, 1.82) is 0 Å². The molecule has 8 nitrogen and oxygen atoms in total. The van der Waals surface area contributed by atoms with Gasteiger partial charge in [-0.15, -0.1) is 11.3 Å². The van der Waals surface area contributed by atoms with Crippen LogP contribution in [-0.4, -0.2) is 42.1 Å². The minimum Gasteiger partial charge on any atom is -0.476 e. The molecular weight excluding hydrogens is 391 g/mol. The zero-order valence-corrected chi connectivity index (χ0v) is 16.3. The van der Waals surface area contributed by atoms with Gasteiger partial charge < -0.3 is 14.2 Å². The zero-order chi connectivity index (χ0) is 20.7. The molecule has 0 aliphatic rings. The van der Waals surface area contributed by atoms with Crippen LogP contribution in [0.4, 0.5) is 9.52 Å². The summed E-state index contributed by atoms with van der Waals surface area (Å²) >= 11 is 1.13. The van der Waals surface area contributed by atoms with Crippen LogP contribution in [0.1, 0.15) is 19.5 Å². The molecule has 0 saturated carbocycles. The van der Waals surface area contributed by atoms with E-state index in [2.05, 4.69) is 15.0 Å². The van der Waals surface area contributed by atoms with Crippen molar-refractivity contribution in [2.24, 2.45) is 0 Å². The first-order chi connectivity index (χ1) is 13.2. The number of anilines is 1. The summed E-state index contributed by atoms with van der Waals surface area (Å²) in [7, 11) is 1.27. The molecule has 28 heavy (non-hydrogen) atoms. The van der Waals surface area contributed by atoms with Gasteiger partial charge in [-0.1, -0.05) is 0 Å². The molecule has 0 unspecified atom stereocenters. The average molecular weight is 410 g/mol. The molecule has 0 radical (unpaired) electrons. The van der Waals surface area contributed by atoms with Gasteiger partial charge >= 0.3 is 11.9 Å². The number of methoxy groups -OCH3 is 1. The second kappa shape index (κ2) is 9.27. The number of nitrogens with one attached hydrogen (secondary N) is 1. The van der Waals surface area contributed by atoms with Crippen LogP contribution in [0.2, 0.25) is 0 Å². The van der Waals surface area contributed by atoms with Gasteiger partial charge in [0.15, 0.2) is 17.3 Å². The number of carbonyl (C=O) groups is 3. The lowest BCUT2D eigenvalue weighted by molar-refractivity contribution is -0.161. The largest absolute Gasteiger partial charge is 0.476 e. The third-order valence-electron chi connectivity index (χ3n) is 3.36. The van der Waals surface area contributed by atoms with Crippen molar-refractivity contribution in [1.82, 2.24) is 4.98 Å². The summed E-state index contributed by atoms with van der Waals surface area (Å²) in [5.41, 5.74) is -0.926. The number of benzene rings is 1. The number of hydrogen-bond acceptors (Lipinski definition) is 8. The molecule has 2 aromatic rings. The lowest BCUT2D eigenvalue weighted by Crippen LogP contribution is -2.41. The number of esters is 2. The van der Waals surface area contributed by atoms with E-state index in [1.165, 1.54) is 45.2 Å². The average Bonchev–Trinajstić information content (AvgIpc) is 3.07. The Balaban J connectivity index is 1.83. The van der Waals surface area contributed by atoms with Crippen molar-refractivity contribution < 1.29 is 33.0 Å². The highest BCUT2D eigenvalue weighted by Crippen LogP contribution is 2.20. The third kappa shape index (κ3) is 6.31. The number of halogens is 1. The van der Waals surface area contributed by atoms with E-state index >= 15 is 0 Å². The van der Waals surface area contributed by atoms with Crippen LogP contribution in [0, 0.1) is 5.82 Å². The topological polar surface area (TPSA) is 104 Å². The second-order valence-corrected chi connectivity index (χ2v) is 6.95. The van der Waals surface area contributed by atoms with Gasteiger partial charge in [-0.05, 0) is 38.1 Å². The number of thiazole rings is 1. The third-order valence-corrected chi connectivity index (χ3v) is 4.17. The Kier molecular flexibility index (Phi) is 7.05. The minimum absolute atomic E-state index is 0.00717. The molecule has 1 amide bonds. The molecule has 0 atom stereocenters. The monoisotopic (exact) mass is 410 g/mol. The Morgan fingerprint density at radius 2 is 1.89 bits per heavy atom. The summed E-state index contributed by atoms with van der Waals surface area (Å²) in [5, 5.41) is 4.35. The highest BCUT2D eigenvalue weighted by molar-refractivity contribution is 7.13. The molecule has 0 spiro atoms. The SMILES string of the molecule is COC(=O)Cc1csc(NC(=O)COC(=O)C(C)(C)Oc2ccc(F)cc2)n1. The molecular formula is C18H19FN2O6S. The van der Waals surface area contributed by atoms with Crippen LogP contribution in [-0.2, 0) is 30.3 Å². The van der Waals surface area contributed by atoms with E-state index in [1.54, 1.807) is 5.38 Å². The van der Waals surface area contributed by atoms with E-state index in [4.69, 9.17) is 9.47 Å². The second-order valence-electron chi connectivity index (χ2n) is 6.09. The van der Waals surface area contributed by atoms with E-state index in [9.17, 15) is 18.8 Å². The fourth-order valence-electron chi connectivity index (χ4n) is 1.96. The van der Waals surface area contributed by atoms with E-state index in [-0.39, 0.29) is 17.3 Å². The van der Waals surface area contributed by atoms with Crippen LogP contribution in [0.5, 0.6) is 5.75 Å². The van der Waals surface area contributed by atoms with Crippen LogP contribution < -0.4 is 10.1 Å². The maximum Gasteiger partial charge on any atom is 0.350 e. The summed E-state index contributed by atoms with van der Waals surface area (Å²) in [6, 6.07) is 5.16. The zero-order valence-electron chi connectivity index (χ0n) is 15.5. The van der Waals surface area contributed by atoms with Gasteiger partial charge in [0, 0.05) is 5.38 Å². The molecule has 1 heterocycles. The molecule has 0 bridgehead atoms. The summed E-state index contributed by atoms with van der Waals surface area (Å²) in [5.74, 6) is -1.95. The maximum absolute atomic E-state index is 12.9. The Morgan fingerprint density at radius 3 is 2.54 bits per heavy atom.